The van der Waals surface area contributed by atoms with Gasteiger partial charge in [-0.15, -0.1) is 0 Å². The molecule has 0 fully saturated rings. The van der Waals surface area contributed by atoms with Crippen molar-refractivity contribution in [3.05, 3.63) is 35.6 Å². The second-order valence-electron chi connectivity index (χ2n) is 2.75. The minimum atomic E-state index is -0.253. The van der Waals surface area contributed by atoms with Crippen LogP contribution >= 0.6 is 0 Å². The van der Waals surface area contributed by atoms with Crippen LogP contribution in [0.3, 0.4) is 0 Å². The molecule has 0 radical (unpaired) electrons. The van der Waals surface area contributed by atoms with Crippen molar-refractivity contribution in [2.75, 3.05) is 0 Å². The van der Waals surface area contributed by atoms with Crippen LogP contribution in [0.4, 0.5) is 0 Å². The number of nitrogens with two attached hydrogens (primary N) is 1. The zero-order chi connectivity index (χ0) is 7.68. The average Bonchev–Trinajstić information content (AvgIpc) is 2.04. The van der Waals surface area contributed by atoms with E-state index in [4.69, 9.17) is 10.5 Å². The summed E-state index contributed by atoms with van der Waals surface area (Å²) in [4.78, 5) is 0. The first-order valence-electron chi connectivity index (χ1n) is 3.87. The summed E-state index contributed by atoms with van der Waals surface area (Å²) in [5.74, 6) is 0.950. The van der Waals surface area contributed by atoms with E-state index in [0.717, 1.165) is 18.6 Å². The van der Waals surface area contributed by atoms with Crippen LogP contribution < -0.4 is 5.73 Å². The molecular formula is C9H11NO. The molecule has 1 atom stereocenters. The topological polar surface area (TPSA) is 35.2 Å². The Morgan fingerprint density at radius 1 is 1.36 bits per heavy atom. The van der Waals surface area contributed by atoms with Crippen molar-refractivity contribution >= 4 is 0 Å². The van der Waals surface area contributed by atoms with Gasteiger partial charge in [0.1, 0.15) is 5.76 Å². The van der Waals surface area contributed by atoms with Gasteiger partial charge in [-0.25, -0.2) is 0 Å². The van der Waals surface area contributed by atoms with Gasteiger partial charge in [-0.05, 0) is 25.0 Å². The normalized spacial score (nSPS) is 28.3. The van der Waals surface area contributed by atoms with E-state index in [2.05, 4.69) is 12.2 Å². The van der Waals surface area contributed by atoms with Crippen molar-refractivity contribution in [3.63, 3.8) is 0 Å². The van der Waals surface area contributed by atoms with E-state index >= 15 is 0 Å². The van der Waals surface area contributed by atoms with Crippen LogP contribution in [0.15, 0.2) is 35.6 Å². The molecule has 0 aromatic carbocycles. The Morgan fingerprint density at radius 2 is 2.18 bits per heavy atom. The molecule has 0 saturated heterocycles. The van der Waals surface area contributed by atoms with Gasteiger partial charge in [0.25, 0.3) is 0 Å². The van der Waals surface area contributed by atoms with Crippen LogP contribution in [0.5, 0.6) is 0 Å². The fourth-order valence-corrected chi connectivity index (χ4v) is 1.32. The van der Waals surface area contributed by atoms with Crippen molar-refractivity contribution in [1.29, 1.82) is 0 Å². The molecule has 2 aliphatic rings. The molecule has 2 rings (SSSR count). The van der Waals surface area contributed by atoms with Crippen molar-refractivity contribution < 1.29 is 4.74 Å². The molecule has 2 heteroatoms. The van der Waals surface area contributed by atoms with E-state index in [1.807, 2.05) is 12.2 Å². The summed E-state index contributed by atoms with van der Waals surface area (Å²) >= 11 is 0. The third kappa shape index (κ3) is 1.21. The number of allylic oxidation sites excluding steroid dienone is 3. The first kappa shape index (κ1) is 6.68. The number of hydrogen-bond acceptors (Lipinski definition) is 2. The predicted molar refractivity (Wildman–Crippen MR) is 43.6 cm³/mol. The second-order valence-corrected chi connectivity index (χ2v) is 2.75. The third-order valence-electron chi connectivity index (χ3n) is 1.87. The Bertz CT molecular complexity index is 250. The first-order valence-corrected chi connectivity index (χ1v) is 3.87. The molecule has 0 spiro atoms. The molecule has 1 unspecified atom stereocenters. The van der Waals surface area contributed by atoms with Crippen molar-refractivity contribution in [3.8, 4) is 0 Å². The lowest BCUT2D eigenvalue weighted by molar-refractivity contribution is 0.160. The van der Waals surface area contributed by atoms with Crippen LogP contribution in [-0.2, 0) is 4.74 Å². The predicted octanol–water partition coefficient (Wildman–Crippen LogP) is 1.46. The summed E-state index contributed by atoms with van der Waals surface area (Å²) in [6.07, 6.45) is 10.1. The zero-order valence-corrected chi connectivity index (χ0v) is 6.29. The fourth-order valence-electron chi connectivity index (χ4n) is 1.32. The maximum Gasteiger partial charge on any atom is 0.167 e. The van der Waals surface area contributed by atoms with E-state index in [9.17, 15) is 0 Å². The van der Waals surface area contributed by atoms with Gasteiger partial charge in [0, 0.05) is 5.57 Å². The molecule has 0 aromatic heterocycles. The molecule has 0 amide bonds. The molecule has 58 valence electrons. The average molecular weight is 149 g/mol. The molecule has 1 heterocycles. The fraction of sp³-hybridized carbons (Fsp3) is 0.333. The molecule has 0 aromatic rings. The second kappa shape index (κ2) is 2.55. The van der Waals surface area contributed by atoms with E-state index in [1.54, 1.807) is 0 Å². The van der Waals surface area contributed by atoms with E-state index in [-0.39, 0.29) is 6.23 Å². The molecule has 2 N–H and O–H groups in total. The van der Waals surface area contributed by atoms with Gasteiger partial charge in [0.05, 0.1) is 0 Å². The van der Waals surface area contributed by atoms with E-state index < -0.39 is 0 Å². The van der Waals surface area contributed by atoms with E-state index in [1.165, 1.54) is 5.57 Å². The van der Waals surface area contributed by atoms with Gasteiger partial charge in [-0.3, -0.25) is 5.73 Å². The molecule has 2 nitrogen and oxygen atoms in total. The third-order valence-corrected chi connectivity index (χ3v) is 1.87. The van der Waals surface area contributed by atoms with Gasteiger partial charge in [0.2, 0.25) is 0 Å². The summed E-state index contributed by atoms with van der Waals surface area (Å²) < 4.78 is 5.37. The molecule has 11 heavy (non-hydrogen) atoms. The Labute approximate surface area is 66.0 Å². The van der Waals surface area contributed by atoms with Crippen molar-refractivity contribution in [1.82, 2.24) is 0 Å². The quantitative estimate of drug-likeness (QED) is 0.566. The van der Waals surface area contributed by atoms with Crippen LogP contribution in [0.25, 0.3) is 0 Å². The number of hydrogen-bond donors (Lipinski definition) is 1. The van der Waals surface area contributed by atoms with Gasteiger partial charge >= 0.3 is 0 Å². The van der Waals surface area contributed by atoms with Gasteiger partial charge in [-0.1, -0.05) is 12.2 Å². The summed E-state index contributed by atoms with van der Waals surface area (Å²) in [6.45, 7) is 0. The molecule has 1 aliphatic heterocycles. The monoisotopic (exact) mass is 149 g/mol. The lowest BCUT2D eigenvalue weighted by Gasteiger charge is -2.22. The smallest absolute Gasteiger partial charge is 0.167 e. The lowest BCUT2D eigenvalue weighted by Crippen LogP contribution is -2.24. The first-order chi connectivity index (χ1) is 5.36. The standard InChI is InChI=1S/C9H11NO/c10-9-6-5-7-3-1-2-4-8(7)11-9/h3-6,9H,1-2,10H2. The Balaban J connectivity index is 2.30. The maximum absolute atomic E-state index is 5.56. The molecule has 0 bridgehead atoms. The Kier molecular flexibility index (Phi) is 1.55. The molecule has 1 aliphatic carbocycles. The molecular weight excluding hydrogens is 138 g/mol. The highest BCUT2D eigenvalue weighted by Gasteiger charge is 2.14. The Hall–Kier alpha value is -1.02. The summed E-state index contributed by atoms with van der Waals surface area (Å²) in [6, 6.07) is 0. The number of rotatable bonds is 0. The summed E-state index contributed by atoms with van der Waals surface area (Å²) in [5, 5.41) is 0. The van der Waals surface area contributed by atoms with Crippen LogP contribution in [0.1, 0.15) is 12.8 Å². The van der Waals surface area contributed by atoms with Crippen LogP contribution in [-0.4, -0.2) is 6.23 Å². The highest BCUT2D eigenvalue weighted by Crippen LogP contribution is 2.24. The van der Waals surface area contributed by atoms with Crippen molar-refractivity contribution in [2.24, 2.45) is 5.73 Å². The van der Waals surface area contributed by atoms with Gasteiger partial charge < -0.3 is 4.74 Å². The van der Waals surface area contributed by atoms with E-state index in [0.29, 0.717) is 0 Å². The lowest BCUT2D eigenvalue weighted by atomic mass is 10.0. The maximum atomic E-state index is 5.56. The summed E-state index contributed by atoms with van der Waals surface area (Å²) in [7, 11) is 0. The van der Waals surface area contributed by atoms with Crippen LogP contribution in [0.2, 0.25) is 0 Å². The zero-order valence-electron chi connectivity index (χ0n) is 6.29. The highest BCUT2D eigenvalue weighted by molar-refractivity contribution is 5.40. The number of fused-ring (bicyclic) bond motifs is 1. The highest BCUT2D eigenvalue weighted by atomic mass is 16.5. The van der Waals surface area contributed by atoms with Gasteiger partial charge in [-0.2, -0.15) is 0 Å². The summed E-state index contributed by atoms with van der Waals surface area (Å²) in [5.41, 5.74) is 6.74. The largest absolute Gasteiger partial charge is 0.472 e. The SMILES string of the molecule is NC1C=CC2=CCCC=C2O1. The minimum absolute atomic E-state index is 0.253. The molecule has 0 saturated carbocycles. The minimum Gasteiger partial charge on any atom is -0.472 e. The van der Waals surface area contributed by atoms with Crippen molar-refractivity contribution in [2.45, 2.75) is 19.1 Å². The Morgan fingerprint density at radius 3 is 3.09 bits per heavy atom. The van der Waals surface area contributed by atoms with Gasteiger partial charge in [0.15, 0.2) is 6.23 Å². The van der Waals surface area contributed by atoms with Crippen LogP contribution in [0, 0.1) is 0 Å². The number of ether oxygens (including phenoxy) is 1.